The van der Waals surface area contributed by atoms with E-state index in [1.165, 1.54) is 0 Å². The Balaban J connectivity index is 1.74. The molecule has 0 aliphatic carbocycles. The van der Waals surface area contributed by atoms with Crippen molar-refractivity contribution in [2.24, 2.45) is 5.92 Å². The number of piperazine rings is 1. The normalized spacial score (nSPS) is 20.2. The van der Waals surface area contributed by atoms with Crippen LogP contribution in [0.3, 0.4) is 0 Å². The van der Waals surface area contributed by atoms with Crippen LogP contribution in [0.1, 0.15) is 46.1 Å². The summed E-state index contributed by atoms with van der Waals surface area (Å²) in [5.41, 5.74) is 2.31. The molecule has 2 saturated heterocycles. The molecular formula is C27H38N4O2. The fourth-order valence-corrected chi connectivity index (χ4v) is 5.32. The summed E-state index contributed by atoms with van der Waals surface area (Å²) in [4.78, 5) is 20.7. The van der Waals surface area contributed by atoms with Crippen molar-refractivity contribution in [3.8, 4) is 16.9 Å². The highest BCUT2D eigenvalue weighted by atomic mass is 16.5. The van der Waals surface area contributed by atoms with Gasteiger partial charge in [-0.3, -0.25) is 9.88 Å². The van der Waals surface area contributed by atoms with Gasteiger partial charge in [-0.15, -0.1) is 0 Å². The van der Waals surface area contributed by atoms with Gasteiger partial charge in [0.05, 0.1) is 0 Å². The Labute approximate surface area is 198 Å². The topological polar surface area (TPSA) is 66.5 Å². The molecule has 0 amide bonds. The van der Waals surface area contributed by atoms with Gasteiger partial charge in [-0.1, -0.05) is 39.0 Å². The van der Waals surface area contributed by atoms with Gasteiger partial charge in [0.15, 0.2) is 0 Å². The zero-order valence-corrected chi connectivity index (χ0v) is 20.5. The molecule has 1 aromatic carbocycles. The van der Waals surface area contributed by atoms with Crippen molar-refractivity contribution in [1.82, 2.24) is 20.5 Å². The van der Waals surface area contributed by atoms with Gasteiger partial charge in [-0.05, 0) is 61.9 Å². The number of esters is 1. The summed E-state index contributed by atoms with van der Waals surface area (Å²) in [5.74, 6) is 0.736. The van der Waals surface area contributed by atoms with Crippen LogP contribution in [-0.4, -0.2) is 60.7 Å². The number of pyridine rings is 1. The summed E-state index contributed by atoms with van der Waals surface area (Å²) in [7, 11) is 0. The molecule has 0 saturated carbocycles. The van der Waals surface area contributed by atoms with E-state index in [0.717, 1.165) is 68.8 Å². The lowest BCUT2D eigenvalue weighted by Gasteiger charge is -2.47. The first kappa shape index (κ1) is 23.9. The van der Waals surface area contributed by atoms with Crippen molar-refractivity contribution in [3.05, 3.63) is 48.3 Å². The van der Waals surface area contributed by atoms with Crippen LogP contribution in [0, 0.1) is 5.92 Å². The van der Waals surface area contributed by atoms with E-state index in [0.29, 0.717) is 5.75 Å². The Morgan fingerprint density at radius 2 is 1.70 bits per heavy atom. The van der Waals surface area contributed by atoms with Crippen LogP contribution in [0.15, 0.2) is 42.7 Å². The number of rotatable bonds is 5. The third-order valence-electron chi connectivity index (χ3n) is 7.31. The summed E-state index contributed by atoms with van der Waals surface area (Å²) < 4.78 is 6.36. The minimum atomic E-state index is -0.659. The molecule has 3 heterocycles. The molecule has 6 heteroatoms. The van der Waals surface area contributed by atoms with Crippen LogP contribution < -0.4 is 15.4 Å². The lowest BCUT2D eigenvalue weighted by molar-refractivity contribution is -0.153. The summed E-state index contributed by atoms with van der Waals surface area (Å²) in [6, 6.07) is 10.0. The number of benzene rings is 1. The number of hydrogen-bond acceptors (Lipinski definition) is 6. The molecule has 2 N–H and O–H groups in total. The number of ether oxygens (including phenoxy) is 1. The van der Waals surface area contributed by atoms with E-state index in [9.17, 15) is 4.79 Å². The monoisotopic (exact) mass is 450 g/mol. The maximum Gasteiger partial charge on any atom is 0.331 e. The van der Waals surface area contributed by atoms with Crippen LogP contribution in [0.5, 0.6) is 5.75 Å². The van der Waals surface area contributed by atoms with E-state index in [4.69, 9.17) is 4.74 Å². The zero-order chi connectivity index (χ0) is 23.5. The first-order valence-electron chi connectivity index (χ1n) is 12.2. The number of nitrogens with zero attached hydrogens (tertiary/aromatic N) is 2. The van der Waals surface area contributed by atoms with Crippen molar-refractivity contribution in [2.75, 3.05) is 39.3 Å². The van der Waals surface area contributed by atoms with E-state index in [1.54, 1.807) is 6.20 Å². The molecule has 1 aromatic heterocycles. The predicted molar refractivity (Wildman–Crippen MR) is 132 cm³/mol. The van der Waals surface area contributed by atoms with E-state index in [2.05, 4.69) is 54.3 Å². The third-order valence-corrected chi connectivity index (χ3v) is 7.31. The van der Waals surface area contributed by atoms with Gasteiger partial charge in [0.1, 0.15) is 11.3 Å². The second-order valence-corrected chi connectivity index (χ2v) is 10.5. The van der Waals surface area contributed by atoms with Crippen molar-refractivity contribution < 1.29 is 9.53 Å². The Hall–Kier alpha value is -2.28. The molecule has 1 unspecified atom stereocenters. The SMILES string of the molecule is CC(C)(C)c1cccc(OC(=O)C(C)(C2CCNCC2)N2CCNCC2)c1-c1cccnc1. The van der Waals surface area contributed by atoms with E-state index in [-0.39, 0.29) is 17.3 Å². The van der Waals surface area contributed by atoms with Crippen LogP contribution in [-0.2, 0) is 10.2 Å². The number of aromatic nitrogens is 1. The molecule has 33 heavy (non-hydrogen) atoms. The molecule has 2 aromatic rings. The molecule has 2 fully saturated rings. The van der Waals surface area contributed by atoms with Crippen molar-refractivity contribution in [1.29, 1.82) is 0 Å². The second kappa shape index (κ2) is 9.92. The summed E-state index contributed by atoms with van der Waals surface area (Å²) >= 11 is 0. The van der Waals surface area contributed by atoms with Gasteiger partial charge in [-0.25, -0.2) is 4.79 Å². The molecule has 6 nitrogen and oxygen atoms in total. The molecule has 0 bridgehead atoms. The number of piperidine rings is 1. The molecule has 4 rings (SSSR count). The smallest absolute Gasteiger partial charge is 0.331 e. The Morgan fingerprint density at radius 3 is 2.33 bits per heavy atom. The highest BCUT2D eigenvalue weighted by molar-refractivity contribution is 5.86. The quantitative estimate of drug-likeness (QED) is 0.536. The average molecular weight is 451 g/mol. The van der Waals surface area contributed by atoms with Crippen LogP contribution in [0.25, 0.3) is 11.1 Å². The predicted octanol–water partition coefficient (Wildman–Crippen LogP) is 3.62. The largest absolute Gasteiger partial charge is 0.424 e. The Kier molecular flexibility index (Phi) is 7.17. The number of hydrogen-bond donors (Lipinski definition) is 2. The zero-order valence-electron chi connectivity index (χ0n) is 20.5. The highest BCUT2D eigenvalue weighted by Crippen LogP contribution is 2.41. The molecule has 178 valence electrons. The molecule has 0 spiro atoms. The van der Waals surface area contributed by atoms with Crippen LogP contribution >= 0.6 is 0 Å². The highest BCUT2D eigenvalue weighted by Gasteiger charge is 2.48. The minimum absolute atomic E-state index is 0.107. The lowest BCUT2D eigenvalue weighted by Crippen LogP contribution is -2.64. The second-order valence-electron chi connectivity index (χ2n) is 10.5. The molecular weight excluding hydrogens is 412 g/mol. The van der Waals surface area contributed by atoms with Gasteiger partial charge in [-0.2, -0.15) is 0 Å². The van der Waals surface area contributed by atoms with E-state index in [1.807, 2.05) is 30.5 Å². The molecule has 1 atom stereocenters. The minimum Gasteiger partial charge on any atom is -0.424 e. The van der Waals surface area contributed by atoms with Crippen molar-refractivity contribution in [2.45, 2.75) is 51.5 Å². The Bertz CT molecular complexity index is 924. The molecule has 2 aliphatic rings. The number of nitrogens with one attached hydrogen (secondary N) is 2. The summed E-state index contributed by atoms with van der Waals surface area (Å²) in [6.45, 7) is 14.1. The van der Waals surface area contributed by atoms with Gasteiger partial charge >= 0.3 is 5.97 Å². The van der Waals surface area contributed by atoms with Crippen molar-refractivity contribution >= 4 is 5.97 Å². The lowest BCUT2D eigenvalue weighted by atomic mass is 9.77. The third kappa shape index (κ3) is 4.98. The van der Waals surface area contributed by atoms with E-state index >= 15 is 0 Å². The van der Waals surface area contributed by atoms with Crippen molar-refractivity contribution in [3.63, 3.8) is 0 Å². The summed E-state index contributed by atoms with van der Waals surface area (Å²) in [5, 5.41) is 6.86. The van der Waals surface area contributed by atoms with E-state index < -0.39 is 5.54 Å². The van der Waals surface area contributed by atoms with Gasteiger partial charge < -0.3 is 15.4 Å². The van der Waals surface area contributed by atoms with Crippen LogP contribution in [0.2, 0.25) is 0 Å². The maximum absolute atomic E-state index is 14.1. The fraction of sp³-hybridized carbons (Fsp3) is 0.556. The van der Waals surface area contributed by atoms with Gasteiger partial charge in [0, 0.05) is 49.7 Å². The first-order chi connectivity index (χ1) is 15.8. The molecule has 2 aliphatic heterocycles. The Morgan fingerprint density at radius 1 is 1.00 bits per heavy atom. The fourth-order valence-electron chi connectivity index (χ4n) is 5.32. The standard InChI is InChI=1S/C27H38N4O2/c1-26(2,3)22-8-5-9-23(24(22)20-7-6-12-30-19-20)33-25(32)27(4,21-10-13-28-14-11-21)31-17-15-29-16-18-31/h5-9,12,19,21,28-29H,10-11,13-18H2,1-4H3. The number of carbonyl (C=O) groups excluding carboxylic acids is 1. The molecule has 0 radical (unpaired) electrons. The van der Waals surface area contributed by atoms with Crippen LogP contribution in [0.4, 0.5) is 0 Å². The average Bonchev–Trinajstić information content (AvgIpc) is 2.84. The van der Waals surface area contributed by atoms with Gasteiger partial charge in [0.25, 0.3) is 0 Å². The summed E-state index contributed by atoms with van der Waals surface area (Å²) in [6.07, 6.45) is 5.58. The maximum atomic E-state index is 14.1. The number of carbonyl (C=O) groups is 1. The first-order valence-corrected chi connectivity index (χ1v) is 12.2. The van der Waals surface area contributed by atoms with Gasteiger partial charge in [0.2, 0.25) is 0 Å².